The summed E-state index contributed by atoms with van der Waals surface area (Å²) in [5, 5.41) is 3.62. The monoisotopic (exact) mass is 272 g/mol. The molecule has 2 aliphatic rings. The lowest BCUT2D eigenvalue weighted by Crippen LogP contribution is -2.42. The Morgan fingerprint density at radius 2 is 1.70 bits per heavy atom. The summed E-state index contributed by atoms with van der Waals surface area (Å²) in [7, 11) is 0. The van der Waals surface area contributed by atoms with Gasteiger partial charge in [0.1, 0.15) is 6.04 Å². The highest BCUT2D eigenvalue weighted by molar-refractivity contribution is 5.83. The van der Waals surface area contributed by atoms with Gasteiger partial charge in [-0.1, -0.05) is 43.2 Å². The van der Waals surface area contributed by atoms with E-state index in [4.69, 9.17) is 0 Å². The van der Waals surface area contributed by atoms with Crippen molar-refractivity contribution >= 4 is 5.91 Å². The Hall–Kier alpha value is -1.35. The molecule has 2 fully saturated rings. The molecular formula is C17H24N2O. The maximum Gasteiger partial charge on any atom is 0.244 e. The molecule has 1 saturated carbocycles. The molecule has 1 unspecified atom stereocenters. The lowest BCUT2D eigenvalue weighted by Gasteiger charge is -2.27. The molecule has 1 saturated heterocycles. The van der Waals surface area contributed by atoms with Crippen LogP contribution in [0.1, 0.15) is 50.1 Å². The zero-order valence-electron chi connectivity index (χ0n) is 12.1. The lowest BCUT2D eigenvalue weighted by atomic mass is 10.0. The van der Waals surface area contributed by atoms with Crippen molar-refractivity contribution in [3.63, 3.8) is 0 Å². The summed E-state index contributed by atoms with van der Waals surface area (Å²) >= 11 is 0. The van der Waals surface area contributed by atoms with Gasteiger partial charge in [0.05, 0.1) is 0 Å². The first-order valence-electron chi connectivity index (χ1n) is 7.94. The Kier molecular flexibility index (Phi) is 4.36. The quantitative estimate of drug-likeness (QED) is 0.914. The fourth-order valence-electron chi connectivity index (χ4n) is 3.40. The van der Waals surface area contributed by atoms with Crippen LogP contribution in [0.3, 0.4) is 0 Å². The average molecular weight is 272 g/mol. The molecule has 0 spiro atoms. The normalized spacial score (nSPS) is 21.3. The van der Waals surface area contributed by atoms with Gasteiger partial charge in [0.25, 0.3) is 0 Å². The average Bonchev–Trinajstić information content (AvgIpc) is 3.18. The van der Waals surface area contributed by atoms with Crippen LogP contribution in [0.2, 0.25) is 0 Å². The van der Waals surface area contributed by atoms with Crippen molar-refractivity contribution in [2.24, 2.45) is 0 Å². The highest BCUT2D eigenvalue weighted by Crippen LogP contribution is 2.24. The Morgan fingerprint density at radius 3 is 2.35 bits per heavy atom. The first kappa shape index (κ1) is 13.6. The van der Waals surface area contributed by atoms with E-state index in [1.54, 1.807) is 0 Å². The first-order valence-corrected chi connectivity index (χ1v) is 7.94. The van der Waals surface area contributed by atoms with E-state index in [-0.39, 0.29) is 11.9 Å². The highest BCUT2D eigenvalue weighted by atomic mass is 16.2. The van der Waals surface area contributed by atoms with E-state index in [1.807, 2.05) is 23.1 Å². The predicted molar refractivity (Wildman–Crippen MR) is 80.4 cm³/mol. The van der Waals surface area contributed by atoms with Crippen LogP contribution < -0.4 is 5.32 Å². The van der Waals surface area contributed by atoms with Gasteiger partial charge in [0.15, 0.2) is 0 Å². The van der Waals surface area contributed by atoms with Crippen LogP contribution in [0, 0.1) is 0 Å². The van der Waals surface area contributed by atoms with E-state index in [2.05, 4.69) is 17.4 Å². The predicted octanol–water partition coefficient (Wildman–Crippen LogP) is 2.88. The van der Waals surface area contributed by atoms with Gasteiger partial charge in [-0.05, 0) is 31.2 Å². The Labute approximate surface area is 121 Å². The largest absolute Gasteiger partial charge is 0.341 e. The molecule has 0 radical (unpaired) electrons. The molecule has 1 aliphatic carbocycles. The van der Waals surface area contributed by atoms with Gasteiger partial charge in [-0.25, -0.2) is 0 Å². The zero-order chi connectivity index (χ0) is 13.8. The van der Waals surface area contributed by atoms with Gasteiger partial charge in [-0.3, -0.25) is 10.1 Å². The molecular weight excluding hydrogens is 248 g/mol. The standard InChI is InChI=1S/C17H24N2O/c20-17(19-12-6-7-13-19)16(14-8-2-1-3-9-14)18-15-10-4-5-11-15/h1-3,8-9,15-16,18H,4-7,10-13H2. The topological polar surface area (TPSA) is 32.3 Å². The molecule has 1 N–H and O–H groups in total. The maximum absolute atomic E-state index is 12.8. The number of amides is 1. The van der Waals surface area contributed by atoms with Gasteiger partial charge in [0.2, 0.25) is 5.91 Å². The number of hydrogen-bond acceptors (Lipinski definition) is 2. The lowest BCUT2D eigenvalue weighted by molar-refractivity contribution is -0.132. The molecule has 1 amide bonds. The Bertz CT molecular complexity index is 434. The molecule has 1 aliphatic heterocycles. The summed E-state index contributed by atoms with van der Waals surface area (Å²) in [6, 6.07) is 10.5. The van der Waals surface area contributed by atoms with Gasteiger partial charge in [0, 0.05) is 19.1 Å². The number of likely N-dealkylation sites (tertiary alicyclic amines) is 1. The van der Waals surface area contributed by atoms with Crippen LogP contribution in [-0.2, 0) is 4.79 Å². The molecule has 1 heterocycles. The fourth-order valence-corrected chi connectivity index (χ4v) is 3.40. The van der Waals surface area contributed by atoms with Crippen LogP contribution in [0.15, 0.2) is 30.3 Å². The second kappa shape index (κ2) is 6.40. The Balaban J connectivity index is 1.76. The smallest absolute Gasteiger partial charge is 0.244 e. The number of benzene rings is 1. The molecule has 1 atom stereocenters. The first-order chi connectivity index (χ1) is 9.84. The third-order valence-corrected chi connectivity index (χ3v) is 4.56. The number of carbonyl (C=O) groups is 1. The minimum Gasteiger partial charge on any atom is -0.341 e. The molecule has 108 valence electrons. The van der Waals surface area contributed by atoms with E-state index in [0.29, 0.717) is 6.04 Å². The molecule has 0 aromatic heterocycles. The number of nitrogens with zero attached hydrogens (tertiary/aromatic N) is 1. The molecule has 3 heteroatoms. The van der Waals surface area contributed by atoms with Crippen molar-refractivity contribution in [3.8, 4) is 0 Å². The summed E-state index contributed by atoms with van der Waals surface area (Å²) in [4.78, 5) is 14.8. The van der Waals surface area contributed by atoms with Gasteiger partial charge in [-0.2, -0.15) is 0 Å². The van der Waals surface area contributed by atoms with Gasteiger partial charge >= 0.3 is 0 Å². The van der Waals surface area contributed by atoms with Crippen molar-refractivity contribution in [3.05, 3.63) is 35.9 Å². The third kappa shape index (κ3) is 3.04. The molecule has 1 aromatic carbocycles. The van der Waals surface area contributed by atoms with Crippen LogP contribution in [0.4, 0.5) is 0 Å². The van der Waals surface area contributed by atoms with Crippen molar-refractivity contribution in [1.29, 1.82) is 0 Å². The SMILES string of the molecule is O=C(C(NC1CCCC1)c1ccccc1)N1CCCC1. The van der Waals surface area contributed by atoms with E-state index in [1.165, 1.54) is 25.7 Å². The van der Waals surface area contributed by atoms with E-state index >= 15 is 0 Å². The van der Waals surface area contributed by atoms with E-state index in [0.717, 1.165) is 31.5 Å². The van der Waals surface area contributed by atoms with E-state index < -0.39 is 0 Å². The van der Waals surface area contributed by atoms with Crippen LogP contribution >= 0.6 is 0 Å². The summed E-state index contributed by atoms with van der Waals surface area (Å²) in [6.45, 7) is 1.85. The minimum absolute atomic E-state index is 0.155. The van der Waals surface area contributed by atoms with Crippen molar-refractivity contribution in [2.75, 3.05) is 13.1 Å². The number of hydrogen-bond donors (Lipinski definition) is 1. The van der Waals surface area contributed by atoms with Crippen LogP contribution in [-0.4, -0.2) is 29.9 Å². The summed E-state index contributed by atoms with van der Waals surface area (Å²) in [5.74, 6) is 0.264. The maximum atomic E-state index is 12.8. The molecule has 3 rings (SSSR count). The van der Waals surface area contributed by atoms with Gasteiger partial charge < -0.3 is 4.90 Å². The Morgan fingerprint density at radius 1 is 1.05 bits per heavy atom. The van der Waals surface area contributed by atoms with Crippen molar-refractivity contribution in [1.82, 2.24) is 10.2 Å². The third-order valence-electron chi connectivity index (χ3n) is 4.56. The van der Waals surface area contributed by atoms with Crippen LogP contribution in [0.5, 0.6) is 0 Å². The van der Waals surface area contributed by atoms with Crippen molar-refractivity contribution < 1.29 is 4.79 Å². The molecule has 0 bridgehead atoms. The molecule has 1 aromatic rings. The minimum atomic E-state index is -0.155. The van der Waals surface area contributed by atoms with Crippen molar-refractivity contribution in [2.45, 2.75) is 50.6 Å². The molecule has 3 nitrogen and oxygen atoms in total. The summed E-state index contributed by atoms with van der Waals surface area (Å²) in [5.41, 5.74) is 1.11. The van der Waals surface area contributed by atoms with Gasteiger partial charge in [-0.15, -0.1) is 0 Å². The highest BCUT2D eigenvalue weighted by Gasteiger charge is 2.30. The number of nitrogens with one attached hydrogen (secondary N) is 1. The zero-order valence-corrected chi connectivity index (χ0v) is 12.1. The fraction of sp³-hybridized carbons (Fsp3) is 0.588. The number of carbonyl (C=O) groups excluding carboxylic acids is 1. The second-order valence-corrected chi connectivity index (χ2v) is 6.02. The number of rotatable bonds is 4. The summed E-state index contributed by atoms with van der Waals surface area (Å²) < 4.78 is 0. The summed E-state index contributed by atoms with van der Waals surface area (Å²) in [6.07, 6.45) is 7.29. The van der Waals surface area contributed by atoms with Crippen LogP contribution in [0.25, 0.3) is 0 Å². The second-order valence-electron chi connectivity index (χ2n) is 6.02. The molecule has 20 heavy (non-hydrogen) atoms. The van der Waals surface area contributed by atoms with E-state index in [9.17, 15) is 4.79 Å².